The molecule has 0 unspecified atom stereocenters. The van der Waals surface area contributed by atoms with Gasteiger partial charge < -0.3 is 14.6 Å². The average Bonchev–Trinajstić information content (AvgIpc) is 2.85. The zero-order valence-corrected chi connectivity index (χ0v) is 10.8. The molecule has 4 nitrogen and oxygen atoms in total. The van der Waals surface area contributed by atoms with Gasteiger partial charge in [-0.05, 0) is 31.2 Å². The third-order valence-electron chi connectivity index (χ3n) is 2.65. The van der Waals surface area contributed by atoms with E-state index in [-0.39, 0.29) is 0 Å². The summed E-state index contributed by atoms with van der Waals surface area (Å²) in [6.07, 6.45) is 1.01. The van der Waals surface area contributed by atoms with Crippen LogP contribution < -0.4 is 10.1 Å². The predicted octanol–water partition coefficient (Wildman–Crippen LogP) is 2.54. The maximum absolute atomic E-state index is 5.67. The van der Waals surface area contributed by atoms with Crippen LogP contribution in [0.5, 0.6) is 5.75 Å². The van der Waals surface area contributed by atoms with Crippen molar-refractivity contribution in [2.45, 2.75) is 26.5 Å². The largest absolute Gasteiger partial charge is 0.486 e. The summed E-state index contributed by atoms with van der Waals surface area (Å²) in [6.45, 7) is 3.23. The summed E-state index contributed by atoms with van der Waals surface area (Å²) in [6, 6.07) is 9.99. The van der Waals surface area contributed by atoms with Crippen molar-refractivity contribution < 1.29 is 9.26 Å². The van der Waals surface area contributed by atoms with E-state index in [1.807, 2.05) is 31.3 Å². The first-order valence-electron chi connectivity index (χ1n) is 6.12. The summed E-state index contributed by atoms with van der Waals surface area (Å²) in [5, 5.41) is 6.96. The zero-order chi connectivity index (χ0) is 12.8. The molecule has 0 aliphatic rings. The number of hydrogen-bond donors (Lipinski definition) is 1. The highest BCUT2D eigenvalue weighted by atomic mass is 16.5. The molecule has 96 valence electrons. The van der Waals surface area contributed by atoms with Crippen LogP contribution in [0.4, 0.5) is 0 Å². The first-order chi connectivity index (χ1) is 8.81. The van der Waals surface area contributed by atoms with Crippen molar-refractivity contribution in [3.8, 4) is 5.75 Å². The molecule has 2 aromatic rings. The zero-order valence-electron chi connectivity index (χ0n) is 10.8. The quantitative estimate of drug-likeness (QED) is 0.851. The van der Waals surface area contributed by atoms with Crippen LogP contribution in [0.15, 0.2) is 34.9 Å². The molecule has 1 aromatic carbocycles. The standard InChI is InChI=1S/C14H18N2O2/c1-3-11-5-4-6-13(7-11)17-10-14-8-12(9-15-2)16-18-14/h4-8,15H,3,9-10H2,1-2H3. The van der Waals surface area contributed by atoms with Crippen LogP contribution in [0.2, 0.25) is 0 Å². The Morgan fingerprint density at radius 1 is 1.33 bits per heavy atom. The summed E-state index contributed by atoms with van der Waals surface area (Å²) < 4.78 is 10.9. The van der Waals surface area contributed by atoms with Crippen LogP contribution in [0, 0.1) is 0 Å². The van der Waals surface area contributed by atoms with Crippen LogP contribution in [-0.4, -0.2) is 12.2 Å². The van der Waals surface area contributed by atoms with E-state index in [0.29, 0.717) is 13.2 Å². The number of hydrogen-bond acceptors (Lipinski definition) is 4. The Kier molecular flexibility index (Phi) is 4.36. The summed E-state index contributed by atoms with van der Waals surface area (Å²) in [4.78, 5) is 0. The van der Waals surface area contributed by atoms with E-state index in [9.17, 15) is 0 Å². The lowest BCUT2D eigenvalue weighted by molar-refractivity contribution is 0.248. The molecule has 1 heterocycles. The third-order valence-corrected chi connectivity index (χ3v) is 2.65. The molecule has 0 spiro atoms. The molecule has 1 aromatic heterocycles. The number of ether oxygens (including phenoxy) is 1. The number of aromatic nitrogens is 1. The number of nitrogens with zero attached hydrogens (tertiary/aromatic N) is 1. The molecule has 0 radical (unpaired) electrons. The van der Waals surface area contributed by atoms with E-state index in [1.54, 1.807) is 0 Å². The van der Waals surface area contributed by atoms with Gasteiger partial charge in [0.15, 0.2) is 5.76 Å². The lowest BCUT2D eigenvalue weighted by Gasteiger charge is -2.04. The van der Waals surface area contributed by atoms with Crippen LogP contribution in [0.3, 0.4) is 0 Å². The fourth-order valence-corrected chi connectivity index (χ4v) is 1.70. The Bertz CT molecular complexity index is 494. The highest BCUT2D eigenvalue weighted by molar-refractivity contribution is 5.28. The maximum atomic E-state index is 5.67. The molecule has 0 aliphatic heterocycles. The Labute approximate surface area is 107 Å². The molecule has 1 N–H and O–H groups in total. The van der Waals surface area contributed by atoms with Crippen molar-refractivity contribution in [3.05, 3.63) is 47.3 Å². The summed E-state index contributed by atoms with van der Waals surface area (Å²) in [7, 11) is 1.88. The van der Waals surface area contributed by atoms with Crippen molar-refractivity contribution in [3.63, 3.8) is 0 Å². The topological polar surface area (TPSA) is 47.3 Å². The van der Waals surface area contributed by atoms with E-state index >= 15 is 0 Å². The number of rotatable bonds is 6. The molecule has 2 rings (SSSR count). The monoisotopic (exact) mass is 246 g/mol. The van der Waals surface area contributed by atoms with Gasteiger partial charge in [-0.1, -0.05) is 24.2 Å². The maximum Gasteiger partial charge on any atom is 0.174 e. The average molecular weight is 246 g/mol. The highest BCUT2D eigenvalue weighted by Crippen LogP contribution is 2.15. The fraction of sp³-hybridized carbons (Fsp3) is 0.357. The van der Waals surface area contributed by atoms with E-state index in [0.717, 1.165) is 23.6 Å². The molecular weight excluding hydrogens is 228 g/mol. The van der Waals surface area contributed by atoms with E-state index < -0.39 is 0 Å². The SMILES string of the molecule is CCc1cccc(OCc2cc(CNC)no2)c1. The van der Waals surface area contributed by atoms with Crippen molar-refractivity contribution in [2.75, 3.05) is 7.05 Å². The molecule has 0 saturated heterocycles. The molecule has 0 fully saturated rings. The van der Waals surface area contributed by atoms with Gasteiger partial charge in [-0.3, -0.25) is 0 Å². The summed E-state index contributed by atoms with van der Waals surface area (Å²) in [5.41, 5.74) is 2.15. The van der Waals surface area contributed by atoms with Gasteiger partial charge in [0.1, 0.15) is 12.4 Å². The van der Waals surface area contributed by atoms with Gasteiger partial charge in [-0.25, -0.2) is 0 Å². The minimum atomic E-state index is 0.407. The van der Waals surface area contributed by atoms with Gasteiger partial charge in [0.2, 0.25) is 0 Å². The van der Waals surface area contributed by atoms with Crippen molar-refractivity contribution in [2.24, 2.45) is 0 Å². The second-order valence-corrected chi connectivity index (χ2v) is 4.10. The van der Waals surface area contributed by atoms with E-state index in [4.69, 9.17) is 9.26 Å². The Morgan fingerprint density at radius 3 is 3.00 bits per heavy atom. The van der Waals surface area contributed by atoms with Gasteiger partial charge >= 0.3 is 0 Å². The molecule has 0 amide bonds. The van der Waals surface area contributed by atoms with Gasteiger partial charge in [-0.15, -0.1) is 0 Å². The van der Waals surface area contributed by atoms with Gasteiger partial charge in [0.25, 0.3) is 0 Å². The first-order valence-corrected chi connectivity index (χ1v) is 6.12. The fourth-order valence-electron chi connectivity index (χ4n) is 1.70. The number of aryl methyl sites for hydroxylation is 1. The van der Waals surface area contributed by atoms with E-state index in [1.165, 1.54) is 5.56 Å². The predicted molar refractivity (Wildman–Crippen MR) is 69.4 cm³/mol. The molecular formula is C14H18N2O2. The van der Waals surface area contributed by atoms with Crippen molar-refractivity contribution >= 4 is 0 Å². The third kappa shape index (κ3) is 3.34. The molecule has 0 aliphatic carbocycles. The Balaban J connectivity index is 1.93. The van der Waals surface area contributed by atoms with Gasteiger partial charge in [0.05, 0.1) is 5.69 Å². The molecule has 18 heavy (non-hydrogen) atoms. The Hall–Kier alpha value is -1.81. The highest BCUT2D eigenvalue weighted by Gasteiger charge is 2.04. The number of nitrogens with one attached hydrogen (secondary N) is 1. The lowest BCUT2D eigenvalue weighted by Crippen LogP contribution is -2.04. The van der Waals surface area contributed by atoms with Crippen molar-refractivity contribution in [1.82, 2.24) is 10.5 Å². The van der Waals surface area contributed by atoms with Crippen molar-refractivity contribution in [1.29, 1.82) is 0 Å². The second-order valence-electron chi connectivity index (χ2n) is 4.10. The smallest absolute Gasteiger partial charge is 0.174 e. The summed E-state index contributed by atoms with van der Waals surface area (Å²) >= 11 is 0. The van der Waals surface area contributed by atoms with E-state index in [2.05, 4.69) is 23.5 Å². The number of benzene rings is 1. The lowest BCUT2D eigenvalue weighted by atomic mass is 10.2. The van der Waals surface area contributed by atoms with Crippen LogP contribution >= 0.6 is 0 Å². The Morgan fingerprint density at radius 2 is 2.22 bits per heavy atom. The summed E-state index contributed by atoms with van der Waals surface area (Å²) in [5.74, 6) is 1.60. The molecule has 0 saturated carbocycles. The van der Waals surface area contributed by atoms with Crippen LogP contribution in [0.25, 0.3) is 0 Å². The van der Waals surface area contributed by atoms with Crippen LogP contribution in [-0.2, 0) is 19.6 Å². The first kappa shape index (κ1) is 12.6. The minimum Gasteiger partial charge on any atom is -0.486 e. The molecule has 0 bridgehead atoms. The minimum absolute atomic E-state index is 0.407. The normalized spacial score (nSPS) is 10.6. The molecule has 4 heteroatoms. The van der Waals surface area contributed by atoms with Gasteiger partial charge in [-0.2, -0.15) is 0 Å². The van der Waals surface area contributed by atoms with Gasteiger partial charge in [0, 0.05) is 12.6 Å². The van der Waals surface area contributed by atoms with Crippen LogP contribution in [0.1, 0.15) is 23.9 Å². The molecule has 0 atom stereocenters. The second kappa shape index (κ2) is 6.21.